The van der Waals surface area contributed by atoms with E-state index in [1.165, 1.54) is 0 Å². The normalized spacial score (nSPS) is 12.8. The minimum absolute atomic E-state index is 0.317. The third-order valence-corrected chi connectivity index (χ3v) is 0.956. The molecule has 0 amide bonds. The molecule has 3 heteroatoms. The summed E-state index contributed by atoms with van der Waals surface area (Å²) in [6.45, 7) is 1.77. The number of hydrogen-bond donors (Lipinski definition) is 0. The van der Waals surface area contributed by atoms with E-state index in [2.05, 4.69) is 0 Å². The molecule has 0 atom stereocenters. The predicted molar refractivity (Wildman–Crippen MR) is 37.4 cm³/mol. The summed E-state index contributed by atoms with van der Waals surface area (Å²) < 4.78 is 9.65. The zero-order chi connectivity index (χ0) is 7.28. The smallest absolute Gasteiger partial charge is 0.177 e. The van der Waals surface area contributed by atoms with Gasteiger partial charge in [-0.15, -0.1) is 0 Å². The van der Waals surface area contributed by atoms with Crippen LogP contribution in [-0.4, -0.2) is 20.5 Å². The molecular formula is C6H11ClO2. The van der Waals surface area contributed by atoms with Gasteiger partial charge in [0.1, 0.15) is 0 Å². The SMILES string of the molecule is COC(/C=C(/C)Cl)OC. The molecule has 0 aromatic heterocycles. The summed E-state index contributed by atoms with van der Waals surface area (Å²) >= 11 is 5.53. The van der Waals surface area contributed by atoms with Gasteiger partial charge in [-0.1, -0.05) is 11.6 Å². The summed E-state index contributed by atoms with van der Waals surface area (Å²) in [7, 11) is 3.12. The van der Waals surface area contributed by atoms with Gasteiger partial charge in [0.05, 0.1) is 0 Å². The summed E-state index contributed by atoms with van der Waals surface area (Å²) in [5.41, 5.74) is 0. The molecule has 0 saturated carbocycles. The van der Waals surface area contributed by atoms with Crippen LogP contribution in [0, 0.1) is 0 Å². The largest absolute Gasteiger partial charge is 0.352 e. The van der Waals surface area contributed by atoms with Crippen LogP contribution in [0.25, 0.3) is 0 Å². The van der Waals surface area contributed by atoms with Gasteiger partial charge < -0.3 is 9.47 Å². The summed E-state index contributed by atoms with van der Waals surface area (Å²) in [5.74, 6) is 0. The lowest BCUT2D eigenvalue weighted by Gasteiger charge is -2.06. The van der Waals surface area contributed by atoms with Gasteiger partial charge in [0.15, 0.2) is 6.29 Å². The average molecular weight is 151 g/mol. The summed E-state index contributed by atoms with van der Waals surface area (Å²) in [6.07, 6.45) is 1.36. The molecule has 0 rings (SSSR count). The Kier molecular flexibility index (Phi) is 4.77. The van der Waals surface area contributed by atoms with Crippen molar-refractivity contribution in [3.63, 3.8) is 0 Å². The Morgan fingerprint density at radius 1 is 1.44 bits per heavy atom. The van der Waals surface area contributed by atoms with Crippen LogP contribution >= 0.6 is 11.6 Å². The van der Waals surface area contributed by atoms with E-state index < -0.39 is 0 Å². The van der Waals surface area contributed by atoms with Gasteiger partial charge in [-0.25, -0.2) is 0 Å². The lowest BCUT2D eigenvalue weighted by atomic mass is 10.5. The van der Waals surface area contributed by atoms with E-state index in [4.69, 9.17) is 21.1 Å². The Bertz CT molecular complexity index is 93.2. The molecule has 54 valence electrons. The second kappa shape index (κ2) is 4.79. The zero-order valence-electron chi connectivity index (χ0n) is 5.85. The van der Waals surface area contributed by atoms with Gasteiger partial charge in [0, 0.05) is 19.3 Å². The van der Waals surface area contributed by atoms with Crippen LogP contribution in [0.2, 0.25) is 0 Å². The van der Waals surface area contributed by atoms with Crippen LogP contribution in [0.5, 0.6) is 0 Å². The van der Waals surface area contributed by atoms with E-state index in [-0.39, 0.29) is 6.29 Å². The molecule has 0 aliphatic rings. The first-order valence-corrected chi connectivity index (χ1v) is 2.98. The van der Waals surface area contributed by atoms with E-state index in [9.17, 15) is 0 Å². The second-order valence-electron chi connectivity index (χ2n) is 1.59. The Balaban J connectivity index is 3.68. The highest BCUT2D eigenvalue weighted by molar-refractivity contribution is 6.29. The average Bonchev–Trinajstić information content (AvgIpc) is 1.82. The van der Waals surface area contributed by atoms with E-state index in [0.29, 0.717) is 5.03 Å². The molecule has 0 aliphatic heterocycles. The van der Waals surface area contributed by atoms with Crippen molar-refractivity contribution in [2.45, 2.75) is 13.2 Å². The molecule has 0 radical (unpaired) electrons. The van der Waals surface area contributed by atoms with Gasteiger partial charge in [-0.05, 0) is 13.0 Å². The summed E-state index contributed by atoms with van der Waals surface area (Å²) in [5, 5.41) is 0.670. The molecule has 0 aliphatic carbocycles. The first-order valence-electron chi connectivity index (χ1n) is 2.60. The van der Waals surface area contributed by atoms with Crippen LogP contribution in [0.4, 0.5) is 0 Å². The molecule has 0 unspecified atom stereocenters. The zero-order valence-corrected chi connectivity index (χ0v) is 6.61. The van der Waals surface area contributed by atoms with Crippen molar-refractivity contribution in [2.75, 3.05) is 14.2 Å². The Hall–Kier alpha value is -0.0500. The Labute approximate surface area is 60.4 Å². The highest BCUT2D eigenvalue weighted by Gasteiger charge is 1.97. The lowest BCUT2D eigenvalue weighted by Crippen LogP contribution is -2.08. The fourth-order valence-electron chi connectivity index (χ4n) is 0.420. The number of ether oxygens (including phenoxy) is 2. The third kappa shape index (κ3) is 4.45. The second-order valence-corrected chi connectivity index (χ2v) is 2.19. The van der Waals surface area contributed by atoms with Gasteiger partial charge in [0.25, 0.3) is 0 Å². The minimum Gasteiger partial charge on any atom is -0.352 e. The molecule has 0 N–H and O–H groups in total. The molecule has 9 heavy (non-hydrogen) atoms. The van der Waals surface area contributed by atoms with Gasteiger partial charge in [-0.3, -0.25) is 0 Å². The number of halogens is 1. The fourth-order valence-corrected chi connectivity index (χ4v) is 0.523. The van der Waals surface area contributed by atoms with Gasteiger partial charge in [0.2, 0.25) is 0 Å². The number of methoxy groups -OCH3 is 2. The van der Waals surface area contributed by atoms with Crippen LogP contribution in [-0.2, 0) is 9.47 Å². The third-order valence-electron chi connectivity index (χ3n) is 0.830. The Morgan fingerprint density at radius 3 is 2.00 bits per heavy atom. The maximum absolute atomic E-state index is 5.53. The molecule has 0 aromatic carbocycles. The fraction of sp³-hybridized carbons (Fsp3) is 0.667. The number of allylic oxidation sites excluding steroid dienone is 1. The van der Waals surface area contributed by atoms with Crippen molar-refractivity contribution in [3.05, 3.63) is 11.1 Å². The quantitative estimate of drug-likeness (QED) is 0.571. The van der Waals surface area contributed by atoms with Crippen LogP contribution in [0.15, 0.2) is 11.1 Å². The summed E-state index contributed by atoms with van der Waals surface area (Å²) in [4.78, 5) is 0. The number of hydrogen-bond acceptors (Lipinski definition) is 2. The summed E-state index contributed by atoms with van der Waals surface area (Å²) in [6, 6.07) is 0. The van der Waals surface area contributed by atoms with E-state index in [0.717, 1.165) is 0 Å². The molecule has 0 fully saturated rings. The van der Waals surface area contributed by atoms with Crippen molar-refractivity contribution in [1.29, 1.82) is 0 Å². The minimum atomic E-state index is -0.317. The maximum Gasteiger partial charge on any atom is 0.177 e. The van der Waals surface area contributed by atoms with Gasteiger partial charge in [-0.2, -0.15) is 0 Å². The van der Waals surface area contributed by atoms with Crippen molar-refractivity contribution in [1.82, 2.24) is 0 Å². The first-order chi connectivity index (χ1) is 4.20. The predicted octanol–water partition coefficient (Wildman–Crippen LogP) is 1.75. The number of rotatable bonds is 3. The van der Waals surface area contributed by atoms with Crippen LogP contribution in [0.3, 0.4) is 0 Å². The molecule has 0 aromatic rings. The molecule has 0 heterocycles. The molecular weight excluding hydrogens is 140 g/mol. The molecule has 0 saturated heterocycles. The van der Waals surface area contributed by atoms with E-state index in [1.54, 1.807) is 27.2 Å². The highest BCUT2D eigenvalue weighted by Crippen LogP contribution is 2.02. The molecule has 0 bridgehead atoms. The maximum atomic E-state index is 5.53. The van der Waals surface area contributed by atoms with Crippen LogP contribution in [0.1, 0.15) is 6.92 Å². The lowest BCUT2D eigenvalue weighted by molar-refractivity contribution is -0.0668. The Morgan fingerprint density at radius 2 is 1.89 bits per heavy atom. The van der Waals surface area contributed by atoms with Crippen molar-refractivity contribution in [2.24, 2.45) is 0 Å². The van der Waals surface area contributed by atoms with E-state index in [1.807, 2.05) is 0 Å². The van der Waals surface area contributed by atoms with E-state index >= 15 is 0 Å². The first kappa shape index (κ1) is 8.95. The standard InChI is InChI=1S/C6H11ClO2/c1-5(7)4-6(8-2)9-3/h4,6H,1-3H3/b5-4-. The van der Waals surface area contributed by atoms with Crippen molar-refractivity contribution in [3.8, 4) is 0 Å². The molecule has 0 spiro atoms. The van der Waals surface area contributed by atoms with Crippen molar-refractivity contribution < 1.29 is 9.47 Å². The van der Waals surface area contributed by atoms with Crippen molar-refractivity contribution >= 4 is 11.6 Å². The van der Waals surface area contributed by atoms with Gasteiger partial charge >= 0.3 is 0 Å². The van der Waals surface area contributed by atoms with Crippen LogP contribution < -0.4 is 0 Å². The highest BCUT2D eigenvalue weighted by atomic mass is 35.5. The monoisotopic (exact) mass is 150 g/mol. The topological polar surface area (TPSA) is 18.5 Å². The molecule has 2 nitrogen and oxygen atoms in total.